The topological polar surface area (TPSA) is 47.3 Å². The highest BCUT2D eigenvalue weighted by molar-refractivity contribution is 5.37. The molecule has 2 aromatic rings. The van der Waals surface area contributed by atoms with E-state index in [1.807, 2.05) is 36.4 Å². The summed E-state index contributed by atoms with van der Waals surface area (Å²) in [6.07, 6.45) is 1.89. The molecular formula is C16H18N2O. The summed E-state index contributed by atoms with van der Waals surface area (Å²) in [5, 5.41) is 0. The van der Waals surface area contributed by atoms with Crippen LogP contribution in [0.3, 0.4) is 0 Å². The van der Waals surface area contributed by atoms with Crippen molar-refractivity contribution in [2.45, 2.75) is 25.0 Å². The minimum absolute atomic E-state index is 0.0996. The van der Waals surface area contributed by atoms with Crippen LogP contribution < -0.4 is 16.0 Å². The fourth-order valence-corrected chi connectivity index (χ4v) is 2.60. The molecule has 1 aliphatic heterocycles. The zero-order valence-corrected chi connectivity index (χ0v) is 10.8. The van der Waals surface area contributed by atoms with Gasteiger partial charge in [0.25, 0.3) is 0 Å². The molecule has 3 rings (SSSR count). The number of nitrogens with two attached hydrogens (primary N) is 1. The van der Waals surface area contributed by atoms with E-state index < -0.39 is 0 Å². The molecule has 1 heterocycles. The van der Waals surface area contributed by atoms with Gasteiger partial charge in [-0.25, -0.2) is 0 Å². The number of fused-ring (bicyclic) bond motifs is 1. The summed E-state index contributed by atoms with van der Waals surface area (Å²) in [6.45, 7) is 0. The first kappa shape index (κ1) is 12.2. The number of ether oxygens (including phenoxy) is 1. The van der Waals surface area contributed by atoms with Gasteiger partial charge in [0.2, 0.25) is 0 Å². The van der Waals surface area contributed by atoms with Crippen molar-refractivity contribution in [1.82, 2.24) is 5.43 Å². The van der Waals surface area contributed by atoms with Gasteiger partial charge in [-0.15, -0.1) is 0 Å². The van der Waals surface area contributed by atoms with Crippen molar-refractivity contribution in [3.8, 4) is 5.75 Å². The summed E-state index contributed by atoms with van der Waals surface area (Å²) < 4.78 is 5.99. The van der Waals surface area contributed by atoms with Crippen molar-refractivity contribution >= 4 is 0 Å². The molecule has 0 radical (unpaired) electrons. The molecule has 3 nitrogen and oxygen atoms in total. The van der Waals surface area contributed by atoms with Crippen LogP contribution in [0.25, 0.3) is 0 Å². The van der Waals surface area contributed by atoms with Crippen molar-refractivity contribution < 1.29 is 4.74 Å². The van der Waals surface area contributed by atoms with Gasteiger partial charge in [0.05, 0.1) is 6.04 Å². The predicted octanol–water partition coefficient (Wildman–Crippen LogP) is 2.06. The third-order valence-corrected chi connectivity index (χ3v) is 3.63. The van der Waals surface area contributed by atoms with E-state index in [1.54, 1.807) is 0 Å². The minimum Gasteiger partial charge on any atom is -0.488 e. The van der Waals surface area contributed by atoms with Crippen LogP contribution in [0.2, 0.25) is 0 Å². The van der Waals surface area contributed by atoms with Crippen LogP contribution in [0.15, 0.2) is 54.6 Å². The Kier molecular flexibility index (Phi) is 3.49. The average Bonchev–Trinajstić information content (AvgIpc) is 2.89. The van der Waals surface area contributed by atoms with Gasteiger partial charge in [-0.1, -0.05) is 48.5 Å². The zero-order valence-electron chi connectivity index (χ0n) is 10.8. The monoisotopic (exact) mass is 254 g/mol. The highest BCUT2D eigenvalue weighted by Gasteiger charge is 2.29. The molecule has 3 heteroatoms. The molecular weight excluding hydrogens is 236 g/mol. The molecule has 0 fully saturated rings. The maximum absolute atomic E-state index is 5.99. The third kappa shape index (κ3) is 2.62. The van der Waals surface area contributed by atoms with Crippen LogP contribution in [0.1, 0.15) is 11.1 Å². The van der Waals surface area contributed by atoms with Crippen LogP contribution in [0, 0.1) is 0 Å². The molecule has 2 unspecified atom stereocenters. The maximum Gasteiger partial charge on any atom is 0.123 e. The van der Waals surface area contributed by atoms with Crippen molar-refractivity contribution in [2.24, 2.45) is 5.84 Å². The lowest BCUT2D eigenvalue weighted by atomic mass is 9.98. The van der Waals surface area contributed by atoms with Gasteiger partial charge in [0, 0.05) is 6.42 Å². The minimum atomic E-state index is 0.0996. The largest absolute Gasteiger partial charge is 0.488 e. The second kappa shape index (κ2) is 5.43. The van der Waals surface area contributed by atoms with Gasteiger partial charge in [-0.2, -0.15) is 0 Å². The molecule has 3 N–H and O–H groups in total. The first-order chi connectivity index (χ1) is 9.36. The lowest BCUT2D eigenvalue weighted by molar-refractivity contribution is 0.177. The van der Waals surface area contributed by atoms with Crippen LogP contribution in [-0.4, -0.2) is 12.1 Å². The molecule has 19 heavy (non-hydrogen) atoms. The van der Waals surface area contributed by atoms with E-state index in [-0.39, 0.29) is 12.1 Å². The molecule has 98 valence electrons. The van der Waals surface area contributed by atoms with Gasteiger partial charge >= 0.3 is 0 Å². The lowest BCUT2D eigenvalue weighted by Gasteiger charge is -2.22. The number of nitrogens with one attached hydrogen (secondary N) is 1. The Morgan fingerprint density at radius 3 is 2.58 bits per heavy atom. The van der Waals surface area contributed by atoms with Gasteiger partial charge in [0.1, 0.15) is 11.9 Å². The molecule has 0 spiro atoms. The zero-order chi connectivity index (χ0) is 13.1. The molecule has 0 saturated heterocycles. The quantitative estimate of drug-likeness (QED) is 0.648. The summed E-state index contributed by atoms with van der Waals surface area (Å²) in [7, 11) is 0. The van der Waals surface area contributed by atoms with E-state index in [9.17, 15) is 0 Å². The smallest absolute Gasteiger partial charge is 0.123 e. The first-order valence-electron chi connectivity index (χ1n) is 6.61. The fourth-order valence-electron chi connectivity index (χ4n) is 2.60. The second-order valence-electron chi connectivity index (χ2n) is 4.93. The van der Waals surface area contributed by atoms with E-state index in [0.717, 1.165) is 18.6 Å². The Morgan fingerprint density at radius 1 is 1.11 bits per heavy atom. The summed E-state index contributed by atoms with van der Waals surface area (Å²) in [5.41, 5.74) is 5.44. The molecule has 2 atom stereocenters. The Hall–Kier alpha value is -1.84. The second-order valence-corrected chi connectivity index (χ2v) is 4.93. The van der Waals surface area contributed by atoms with Gasteiger partial charge < -0.3 is 4.74 Å². The Morgan fingerprint density at radius 2 is 1.84 bits per heavy atom. The third-order valence-electron chi connectivity index (χ3n) is 3.63. The number of rotatable bonds is 4. The lowest BCUT2D eigenvalue weighted by Crippen LogP contribution is -2.47. The van der Waals surface area contributed by atoms with Gasteiger partial charge in [0.15, 0.2) is 0 Å². The maximum atomic E-state index is 5.99. The molecule has 2 aromatic carbocycles. The Labute approximate surface area is 113 Å². The van der Waals surface area contributed by atoms with Crippen molar-refractivity contribution in [2.75, 3.05) is 0 Å². The van der Waals surface area contributed by atoms with E-state index in [1.165, 1.54) is 11.1 Å². The van der Waals surface area contributed by atoms with Gasteiger partial charge in [-0.05, 0) is 23.6 Å². The standard InChI is InChI=1S/C16H18N2O/c17-18-14(10-12-6-2-1-3-7-12)16-11-13-8-4-5-9-15(13)19-16/h1-9,14,16,18H,10-11,17H2. The normalized spacial score (nSPS) is 18.7. The summed E-state index contributed by atoms with van der Waals surface area (Å²) in [4.78, 5) is 0. The van der Waals surface area contributed by atoms with Crippen LogP contribution in [0.5, 0.6) is 5.75 Å². The predicted molar refractivity (Wildman–Crippen MR) is 75.8 cm³/mol. The number of hydrogen-bond donors (Lipinski definition) is 2. The number of benzene rings is 2. The Balaban J connectivity index is 1.71. The number of hydrogen-bond acceptors (Lipinski definition) is 3. The van der Waals surface area contributed by atoms with Crippen LogP contribution in [0.4, 0.5) is 0 Å². The van der Waals surface area contributed by atoms with Crippen molar-refractivity contribution in [3.63, 3.8) is 0 Å². The van der Waals surface area contributed by atoms with E-state index in [4.69, 9.17) is 10.6 Å². The highest BCUT2D eigenvalue weighted by atomic mass is 16.5. The SMILES string of the molecule is NNC(Cc1ccccc1)C1Cc2ccccc2O1. The van der Waals surface area contributed by atoms with Gasteiger partial charge in [-0.3, -0.25) is 11.3 Å². The molecule has 0 amide bonds. The Bertz CT molecular complexity index is 516. The first-order valence-corrected chi connectivity index (χ1v) is 6.61. The van der Waals surface area contributed by atoms with E-state index >= 15 is 0 Å². The number of hydrazine groups is 1. The molecule has 0 aliphatic carbocycles. The summed E-state index contributed by atoms with van der Waals surface area (Å²) in [5.74, 6) is 6.69. The highest BCUT2D eigenvalue weighted by Crippen LogP contribution is 2.30. The van der Waals surface area contributed by atoms with Crippen LogP contribution >= 0.6 is 0 Å². The number of para-hydroxylation sites is 1. The molecule has 0 saturated carbocycles. The fraction of sp³-hybridized carbons (Fsp3) is 0.250. The van der Waals surface area contributed by atoms with Crippen molar-refractivity contribution in [3.05, 3.63) is 65.7 Å². The molecule has 0 bridgehead atoms. The van der Waals surface area contributed by atoms with E-state index in [0.29, 0.717) is 0 Å². The van der Waals surface area contributed by atoms with Crippen LogP contribution in [-0.2, 0) is 12.8 Å². The van der Waals surface area contributed by atoms with Crippen molar-refractivity contribution in [1.29, 1.82) is 0 Å². The molecule has 1 aliphatic rings. The molecule has 0 aromatic heterocycles. The summed E-state index contributed by atoms with van der Waals surface area (Å²) >= 11 is 0. The average molecular weight is 254 g/mol. The van der Waals surface area contributed by atoms with E-state index in [2.05, 4.69) is 23.6 Å². The summed E-state index contributed by atoms with van der Waals surface area (Å²) in [6, 6.07) is 18.7.